The van der Waals surface area contributed by atoms with Gasteiger partial charge >= 0.3 is 0 Å². The normalized spacial score (nSPS) is 38.6. The molecule has 3 heteroatoms. The van der Waals surface area contributed by atoms with Gasteiger partial charge in [-0.15, -0.1) is 0 Å². The van der Waals surface area contributed by atoms with Gasteiger partial charge in [0.15, 0.2) is 0 Å². The summed E-state index contributed by atoms with van der Waals surface area (Å²) in [6.07, 6.45) is 8.70. The maximum atomic E-state index is 5.73. The molecule has 2 aliphatic heterocycles. The Morgan fingerprint density at radius 3 is 2.76 bits per heavy atom. The quantitative estimate of drug-likeness (QED) is 0.753. The standard InChI is InChI=1S/C14H26N2O/c1-12-13(5-10-17-12)16-9-8-15-14(11-16)6-3-2-4-7-14/h12-13,15H,2-11H2,1H3. The minimum Gasteiger partial charge on any atom is -0.377 e. The van der Waals surface area contributed by atoms with Crippen LogP contribution >= 0.6 is 0 Å². The molecule has 2 saturated heterocycles. The van der Waals surface area contributed by atoms with Crippen LogP contribution in [-0.2, 0) is 4.74 Å². The summed E-state index contributed by atoms with van der Waals surface area (Å²) in [6, 6.07) is 0.677. The fraction of sp³-hybridized carbons (Fsp3) is 1.00. The van der Waals surface area contributed by atoms with E-state index in [0.29, 0.717) is 17.7 Å². The third-order valence-corrected chi connectivity index (χ3v) is 5.02. The SMILES string of the molecule is CC1OCCC1N1CCNC2(CCCCC2)C1. The lowest BCUT2D eigenvalue weighted by atomic mass is 9.79. The van der Waals surface area contributed by atoms with Gasteiger partial charge in [-0.25, -0.2) is 0 Å². The summed E-state index contributed by atoms with van der Waals surface area (Å²) in [6.45, 7) is 6.84. The van der Waals surface area contributed by atoms with Gasteiger partial charge in [0.05, 0.1) is 6.10 Å². The average Bonchev–Trinajstić information content (AvgIpc) is 2.77. The highest BCUT2D eigenvalue weighted by molar-refractivity contribution is 4.99. The Morgan fingerprint density at radius 1 is 1.24 bits per heavy atom. The molecule has 98 valence electrons. The number of hydrogen-bond acceptors (Lipinski definition) is 3. The molecule has 0 radical (unpaired) electrons. The molecule has 1 aliphatic carbocycles. The van der Waals surface area contributed by atoms with E-state index in [4.69, 9.17) is 4.74 Å². The van der Waals surface area contributed by atoms with E-state index in [1.807, 2.05) is 0 Å². The van der Waals surface area contributed by atoms with Gasteiger partial charge in [0.25, 0.3) is 0 Å². The van der Waals surface area contributed by atoms with Crippen molar-refractivity contribution < 1.29 is 4.74 Å². The Balaban J connectivity index is 1.66. The largest absolute Gasteiger partial charge is 0.377 e. The van der Waals surface area contributed by atoms with Crippen molar-refractivity contribution in [3.8, 4) is 0 Å². The first-order chi connectivity index (χ1) is 8.29. The van der Waals surface area contributed by atoms with Crippen molar-refractivity contribution >= 4 is 0 Å². The molecule has 0 aromatic rings. The molecule has 0 bridgehead atoms. The van der Waals surface area contributed by atoms with Crippen LogP contribution in [0.4, 0.5) is 0 Å². The van der Waals surface area contributed by atoms with E-state index in [-0.39, 0.29) is 0 Å². The second-order valence-electron chi connectivity index (χ2n) is 6.17. The number of piperazine rings is 1. The third kappa shape index (κ3) is 2.38. The number of nitrogens with one attached hydrogen (secondary N) is 1. The molecule has 1 saturated carbocycles. The van der Waals surface area contributed by atoms with Gasteiger partial charge in [-0.05, 0) is 26.2 Å². The second kappa shape index (κ2) is 4.87. The number of nitrogens with zero attached hydrogens (tertiary/aromatic N) is 1. The zero-order valence-electron chi connectivity index (χ0n) is 11.1. The van der Waals surface area contributed by atoms with Crippen molar-refractivity contribution in [1.82, 2.24) is 10.2 Å². The van der Waals surface area contributed by atoms with E-state index in [2.05, 4.69) is 17.1 Å². The summed E-state index contributed by atoms with van der Waals surface area (Å²) in [7, 11) is 0. The monoisotopic (exact) mass is 238 g/mol. The average molecular weight is 238 g/mol. The van der Waals surface area contributed by atoms with Gasteiger partial charge < -0.3 is 10.1 Å². The van der Waals surface area contributed by atoms with Crippen LogP contribution in [0.2, 0.25) is 0 Å². The van der Waals surface area contributed by atoms with Crippen LogP contribution in [0, 0.1) is 0 Å². The van der Waals surface area contributed by atoms with Crippen molar-refractivity contribution in [3.05, 3.63) is 0 Å². The van der Waals surface area contributed by atoms with Gasteiger partial charge in [-0.1, -0.05) is 19.3 Å². The molecular weight excluding hydrogens is 212 g/mol. The number of rotatable bonds is 1. The molecule has 2 atom stereocenters. The fourth-order valence-corrected chi connectivity index (χ4v) is 4.03. The molecule has 1 spiro atoms. The molecule has 3 fully saturated rings. The van der Waals surface area contributed by atoms with Gasteiger partial charge in [0.2, 0.25) is 0 Å². The molecule has 3 aliphatic rings. The van der Waals surface area contributed by atoms with Crippen LogP contribution < -0.4 is 5.32 Å². The Bertz CT molecular complexity index is 257. The summed E-state index contributed by atoms with van der Waals surface area (Å²) in [5.41, 5.74) is 0.443. The summed E-state index contributed by atoms with van der Waals surface area (Å²) in [4.78, 5) is 2.71. The first kappa shape index (κ1) is 11.9. The topological polar surface area (TPSA) is 24.5 Å². The summed E-state index contributed by atoms with van der Waals surface area (Å²) < 4.78 is 5.73. The first-order valence-corrected chi connectivity index (χ1v) is 7.40. The predicted octanol–water partition coefficient (Wildman–Crippen LogP) is 1.77. The Labute approximate surface area is 105 Å². The lowest BCUT2D eigenvalue weighted by molar-refractivity contribution is 0.0306. The minimum atomic E-state index is 0.439. The summed E-state index contributed by atoms with van der Waals surface area (Å²) >= 11 is 0. The van der Waals surface area contributed by atoms with Gasteiger partial charge in [-0.3, -0.25) is 4.90 Å². The van der Waals surface area contributed by atoms with Crippen molar-refractivity contribution in [1.29, 1.82) is 0 Å². The Kier molecular flexibility index (Phi) is 3.42. The second-order valence-corrected chi connectivity index (χ2v) is 6.17. The van der Waals surface area contributed by atoms with Crippen LogP contribution in [-0.4, -0.2) is 48.8 Å². The highest BCUT2D eigenvalue weighted by atomic mass is 16.5. The lowest BCUT2D eigenvalue weighted by Gasteiger charge is -2.48. The van der Waals surface area contributed by atoms with Gasteiger partial charge in [-0.2, -0.15) is 0 Å². The molecule has 0 aromatic heterocycles. The van der Waals surface area contributed by atoms with Crippen molar-refractivity contribution in [2.75, 3.05) is 26.2 Å². The lowest BCUT2D eigenvalue weighted by Crippen LogP contribution is -2.63. The zero-order valence-corrected chi connectivity index (χ0v) is 11.1. The molecule has 2 heterocycles. The number of hydrogen-bond donors (Lipinski definition) is 1. The molecule has 3 rings (SSSR count). The maximum absolute atomic E-state index is 5.73. The van der Waals surface area contributed by atoms with E-state index in [1.165, 1.54) is 58.2 Å². The fourth-order valence-electron chi connectivity index (χ4n) is 4.03. The van der Waals surface area contributed by atoms with Crippen molar-refractivity contribution in [2.24, 2.45) is 0 Å². The molecule has 3 nitrogen and oxygen atoms in total. The summed E-state index contributed by atoms with van der Waals surface area (Å²) in [5, 5.41) is 3.82. The molecule has 0 amide bonds. The zero-order chi connectivity index (χ0) is 11.7. The van der Waals surface area contributed by atoms with Gasteiger partial charge in [0.1, 0.15) is 0 Å². The van der Waals surface area contributed by atoms with E-state index in [1.54, 1.807) is 0 Å². The van der Waals surface area contributed by atoms with Gasteiger partial charge in [0, 0.05) is 37.8 Å². The molecule has 1 N–H and O–H groups in total. The maximum Gasteiger partial charge on any atom is 0.0703 e. The molecule has 0 aromatic carbocycles. The first-order valence-electron chi connectivity index (χ1n) is 7.40. The van der Waals surface area contributed by atoms with Crippen molar-refractivity contribution in [3.63, 3.8) is 0 Å². The minimum absolute atomic E-state index is 0.439. The van der Waals surface area contributed by atoms with Crippen molar-refractivity contribution in [2.45, 2.75) is 63.1 Å². The smallest absolute Gasteiger partial charge is 0.0703 e. The predicted molar refractivity (Wildman–Crippen MR) is 69.2 cm³/mol. The molecule has 2 unspecified atom stereocenters. The van der Waals surface area contributed by atoms with E-state index < -0.39 is 0 Å². The van der Waals surface area contributed by atoms with Crippen LogP contribution in [0.3, 0.4) is 0 Å². The Hall–Kier alpha value is -0.120. The van der Waals surface area contributed by atoms with Crippen LogP contribution in [0.15, 0.2) is 0 Å². The summed E-state index contributed by atoms with van der Waals surface area (Å²) in [5.74, 6) is 0. The van der Waals surface area contributed by atoms with E-state index in [9.17, 15) is 0 Å². The van der Waals surface area contributed by atoms with Crippen LogP contribution in [0.5, 0.6) is 0 Å². The third-order valence-electron chi connectivity index (χ3n) is 5.02. The molecule has 17 heavy (non-hydrogen) atoms. The molecular formula is C14H26N2O. The highest BCUT2D eigenvalue weighted by Crippen LogP contribution is 2.32. The van der Waals surface area contributed by atoms with E-state index in [0.717, 1.165) is 6.61 Å². The Morgan fingerprint density at radius 2 is 2.06 bits per heavy atom. The highest BCUT2D eigenvalue weighted by Gasteiger charge is 2.40. The number of ether oxygens (including phenoxy) is 1. The van der Waals surface area contributed by atoms with Crippen LogP contribution in [0.25, 0.3) is 0 Å². The van der Waals surface area contributed by atoms with Crippen LogP contribution in [0.1, 0.15) is 45.4 Å². The van der Waals surface area contributed by atoms with E-state index >= 15 is 0 Å².